The molecule has 16 nitrogen and oxygen atoms in total. The maximum absolute atomic E-state index is 13.8. The van der Waals surface area contributed by atoms with Crippen molar-refractivity contribution in [2.24, 2.45) is 39.4 Å². The van der Waals surface area contributed by atoms with Gasteiger partial charge in [-0.05, 0) is 43.9 Å². The number of fused-ring (bicyclic) bond motifs is 9. The Labute approximate surface area is 306 Å². The maximum atomic E-state index is 13.8. The number of hydrogen-bond acceptors (Lipinski definition) is 16. The molecule has 6 rings (SSSR count). The molecule has 0 aromatic rings. The van der Waals surface area contributed by atoms with Gasteiger partial charge in [0.2, 0.25) is 5.60 Å². The average molecular weight is 749 g/mol. The molecule has 53 heavy (non-hydrogen) atoms. The summed E-state index contributed by atoms with van der Waals surface area (Å²) in [5.74, 6) is -8.57. The number of methoxy groups -OCH3 is 1. The summed E-state index contributed by atoms with van der Waals surface area (Å²) in [6, 6.07) is 0. The first kappa shape index (κ1) is 38.8. The lowest BCUT2D eigenvalue weighted by molar-refractivity contribution is -0.356. The van der Waals surface area contributed by atoms with Crippen molar-refractivity contribution < 1.29 is 76.9 Å². The zero-order valence-corrected chi connectivity index (χ0v) is 31.3. The quantitative estimate of drug-likeness (QED) is 0.218. The first-order valence-corrected chi connectivity index (χ1v) is 17.8. The Kier molecular flexibility index (Phi) is 9.02. The predicted molar refractivity (Wildman–Crippen MR) is 175 cm³/mol. The Balaban J connectivity index is 1.68. The van der Waals surface area contributed by atoms with E-state index in [1.165, 1.54) is 19.9 Å². The fourth-order valence-electron chi connectivity index (χ4n) is 12.1. The van der Waals surface area contributed by atoms with Crippen LogP contribution in [0.25, 0.3) is 0 Å². The standard InChI is InChI=1S/C37H48O16/c1-16(49-17(2)38)35-15-48-24(43)11-10-22(35)32(6)13-12-23-33(7,26(32)25(27(35)44)50-18(3)39)29(51-19(4)40)30(52-20(5)41)34(8)36(23,46)14-21(42)28-37(34,53-28)31(45)47-9/h10-11,16,22-23,25-30,44,46H,12-15H2,1-9H3/t16-,22-,23?,25-,26?,27-,28+,29+,30-,32-,33-,34+,35?,36+,37-/m0/s1. The van der Waals surface area contributed by atoms with Crippen LogP contribution in [0.2, 0.25) is 0 Å². The summed E-state index contributed by atoms with van der Waals surface area (Å²) in [6.07, 6.45) is -6.44. The number of ketones is 1. The molecule has 6 aliphatic rings. The summed E-state index contributed by atoms with van der Waals surface area (Å²) in [5.41, 5.74) is -10.7. The summed E-state index contributed by atoms with van der Waals surface area (Å²) >= 11 is 0. The smallest absolute Gasteiger partial charge is 0.342 e. The molecule has 0 bridgehead atoms. The SMILES string of the molecule is COC(=O)[C@@]12O[C@@H]1C(=O)C[C@@]1(O)C3CC[C@]4(C)C([C@H](OC(C)=O)[C@H](O)C5([C@H](C)OC(C)=O)COC(=O)C=C[C@H]54)[C@@]3(C)[C@H](OC(C)=O)[C@H](OC(C)=O)[C@]12C. The number of hydrogen-bond donors (Lipinski definition) is 2. The molecule has 3 unspecified atom stereocenters. The highest BCUT2D eigenvalue weighted by molar-refractivity contribution is 6.01. The number of Topliss-reactive ketones (excluding diaryl/α,β-unsaturated/α-hetero) is 1. The Morgan fingerprint density at radius 2 is 1.53 bits per heavy atom. The lowest BCUT2D eigenvalue weighted by Gasteiger charge is -2.74. The molecule has 0 aromatic heterocycles. The molecule has 4 saturated carbocycles. The van der Waals surface area contributed by atoms with Gasteiger partial charge in [0, 0.05) is 51.5 Å². The highest BCUT2D eigenvalue weighted by Gasteiger charge is 2.92. The second-order valence-corrected chi connectivity index (χ2v) is 16.3. The van der Waals surface area contributed by atoms with Crippen molar-refractivity contribution in [3.05, 3.63) is 12.2 Å². The zero-order valence-electron chi connectivity index (χ0n) is 31.3. The third-order valence-electron chi connectivity index (χ3n) is 14.0. The molecule has 0 amide bonds. The van der Waals surface area contributed by atoms with Crippen molar-refractivity contribution in [1.29, 1.82) is 0 Å². The molecule has 0 radical (unpaired) electrons. The van der Waals surface area contributed by atoms with Gasteiger partial charge in [0.1, 0.15) is 31.0 Å². The van der Waals surface area contributed by atoms with Crippen molar-refractivity contribution >= 4 is 41.6 Å². The van der Waals surface area contributed by atoms with E-state index >= 15 is 0 Å². The highest BCUT2D eigenvalue weighted by atomic mass is 16.7. The van der Waals surface area contributed by atoms with E-state index in [0.717, 1.165) is 27.9 Å². The average Bonchev–Trinajstić information content (AvgIpc) is 3.84. The number of allylic oxidation sites excluding steroid dienone is 1. The lowest BCUT2D eigenvalue weighted by Crippen LogP contribution is -2.84. The molecule has 1 saturated heterocycles. The van der Waals surface area contributed by atoms with E-state index in [0.29, 0.717) is 0 Å². The fraction of sp³-hybridized carbons (Fsp3) is 0.757. The van der Waals surface area contributed by atoms with Gasteiger partial charge in [-0.25, -0.2) is 9.59 Å². The Hall–Kier alpha value is -3.89. The van der Waals surface area contributed by atoms with Crippen molar-refractivity contribution in [2.45, 2.75) is 122 Å². The summed E-state index contributed by atoms with van der Waals surface area (Å²) in [7, 11) is 1.09. The summed E-state index contributed by atoms with van der Waals surface area (Å²) in [5, 5.41) is 26.0. The number of aliphatic hydroxyl groups is 2. The van der Waals surface area contributed by atoms with E-state index in [2.05, 4.69) is 0 Å². The Bertz CT molecular complexity index is 1690. The molecule has 2 aliphatic heterocycles. The van der Waals surface area contributed by atoms with Crippen LogP contribution in [0, 0.1) is 39.4 Å². The maximum Gasteiger partial charge on any atom is 0.342 e. The van der Waals surface area contributed by atoms with Crippen LogP contribution in [-0.2, 0) is 66.7 Å². The van der Waals surface area contributed by atoms with Crippen molar-refractivity contribution in [3.63, 3.8) is 0 Å². The van der Waals surface area contributed by atoms with Crippen molar-refractivity contribution in [3.8, 4) is 0 Å². The number of rotatable bonds is 6. The molecule has 16 heteroatoms. The molecule has 15 atom stereocenters. The van der Waals surface area contributed by atoms with E-state index in [1.54, 1.807) is 19.9 Å². The normalized spacial score (nSPS) is 46.9. The van der Waals surface area contributed by atoms with Gasteiger partial charge in [-0.3, -0.25) is 24.0 Å². The molecule has 0 spiro atoms. The minimum atomic E-state index is -2.22. The molecule has 2 N–H and O–H groups in total. The van der Waals surface area contributed by atoms with E-state index in [4.69, 9.17) is 33.2 Å². The van der Waals surface area contributed by atoms with Crippen LogP contribution in [0.5, 0.6) is 0 Å². The predicted octanol–water partition coefficient (Wildman–Crippen LogP) is 0.896. The van der Waals surface area contributed by atoms with Crippen LogP contribution in [-0.4, -0.2) is 113 Å². The fourth-order valence-corrected chi connectivity index (χ4v) is 12.1. The van der Waals surface area contributed by atoms with Crippen LogP contribution in [0.3, 0.4) is 0 Å². The van der Waals surface area contributed by atoms with Gasteiger partial charge in [-0.15, -0.1) is 0 Å². The Morgan fingerprint density at radius 1 is 0.925 bits per heavy atom. The number of carbonyl (C=O) groups is 7. The number of aliphatic hydroxyl groups excluding tert-OH is 1. The monoisotopic (exact) mass is 748 g/mol. The largest absolute Gasteiger partial charge is 0.467 e. The van der Waals surface area contributed by atoms with E-state index in [9.17, 15) is 43.8 Å². The first-order valence-electron chi connectivity index (χ1n) is 17.8. The van der Waals surface area contributed by atoms with Crippen LogP contribution < -0.4 is 0 Å². The molecular formula is C37H48O16. The lowest BCUT2D eigenvalue weighted by atomic mass is 9.31. The van der Waals surface area contributed by atoms with E-state index in [-0.39, 0.29) is 12.8 Å². The summed E-state index contributed by atoms with van der Waals surface area (Å²) in [4.78, 5) is 92.1. The van der Waals surface area contributed by atoms with Crippen LogP contribution >= 0.6 is 0 Å². The molecule has 2 heterocycles. The number of ether oxygens (including phenoxy) is 7. The number of esters is 6. The minimum Gasteiger partial charge on any atom is -0.467 e. The van der Waals surface area contributed by atoms with E-state index < -0.39 is 142 Å². The van der Waals surface area contributed by atoms with Gasteiger partial charge >= 0.3 is 35.8 Å². The van der Waals surface area contributed by atoms with Crippen molar-refractivity contribution in [1.82, 2.24) is 0 Å². The van der Waals surface area contributed by atoms with Crippen LogP contribution in [0.15, 0.2) is 12.2 Å². The van der Waals surface area contributed by atoms with Crippen LogP contribution in [0.1, 0.15) is 74.7 Å². The summed E-state index contributed by atoms with van der Waals surface area (Å²) in [6.45, 7) is 10.6. The molecular weight excluding hydrogens is 700 g/mol. The Morgan fingerprint density at radius 3 is 2.09 bits per heavy atom. The number of cyclic esters (lactones) is 1. The molecule has 0 aromatic carbocycles. The van der Waals surface area contributed by atoms with E-state index in [1.807, 2.05) is 6.92 Å². The van der Waals surface area contributed by atoms with Gasteiger partial charge in [0.15, 0.2) is 18.0 Å². The van der Waals surface area contributed by atoms with Crippen LogP contribution in [0.4, 0.5) is 0 Å². The van der Waals surface area contributed by atoms with Gasteiger partial charge in [0.05, 0.1) is 23.5 Å². The minimum absolute atomic E-state index is 0.0788. The van der Waals surface area contributed by atoms with Crippen molar-refractivity contribution in [2.75, 3.05) is 13.7 Å². The highest BCUT2D eigenvalue weighted by Crippen LogP contribution is 2.77. The first-order chi connectivity index (χ1) is 24.5. The summed E-state index contributed by atoms with van der Waals surface area (Å²) < 4.78 is 40.6. The molecule has 292 valence electrons. The molecule has 5 fully saturated rings. The number of epoxide rings is 1. The third-order valence-corrected chi connectivity index (χ3v) is 14.0. The van der Waals surface area contributed by atoms with Gasteiger partial charge in [0.25, 0.3) is 0 Å². The number of carbonyl (C=O) groups excluding carboxylic acids is 7. The van der Waals surface area contributed by atoms with Gasteiger partial charge in [-0.2, -0.15) is 0 Å². The van der Waals surface area contributed by atoms with Gasteiger partial charge < -0.3 is 43.4 Å². The topological polar surface area (TPSA) is 228 Å². The second kappa shape index (κ2) is 12.3. The van der Waals surface area contributed by atoms with Gasteiger partial charge in [-0.1, -0.05) is 19.9 Å². The molecule has 4 aliphatic carbocycles. The third kappa shape index (κ3) is 4.86. The zero-order chi connectivity index (χ0) is 39.4. The second-order valence-electron chi connectivity index (χ2n) is 16.3.